The van der Waals surface area contributed by atoms with Crippen LogP contribution in [-0.2, 0) is 6.42 Å². The standard InChI is InChI=1S/C10H14BrNO/c1-7-4-9(11)13-8(7)5-10(6-12)2-3-10/h4H,2-3,5-6,12H2,1H3. The van der Waals surface area contributed by atoms with E-state index >= 15 is 0 Å². The lowest BCUT2D eigenvalue weighted by Crippen LogP contribution is -2.17. The van der Waals surface area contributed by atoms with E-state index in [9.17, 15) is 0 Å². The van der Waals surface area contributed by atoms with Crippen molar-refractivity contribution in [3.8, 4) is 0 Å². The van der Waals surface area contributed by atoms with Crippen molar-refractivity contribution in [2.75, 3.05) is 6.54 Å². The fourth-order valence-electron chi connectivity index (χ4n) is 1.62. The Balaban J connectivity index is 2.13. The molecule has 0 saturated heterocycles. The first-order valence-electron chi connectivity index (χ1n) is 4.60. The third-order valence-corrected chi connectivity index (χ3v) is 3.31. The Hall–Kier alpha value is -0.280. The quantitative estimate of drug-likeness (QED) is 0.887. The van der Waals surface area contributed by atoms with Crippen molar-refractivity contribution in [2.24, 2.45) is 11.1 Å². The smallest absolute Gasteiger partial charge is 0.169 e. The van der Waals surface area contributed by atoms with Crippen LogP contribution in [0.5, 0.6) is 0 Å². The van der Waals surface area contributed by atoms with Crippen molar-refractivity contribution >= 4 is 15.9 Å². The monoisotopic (exact) mass is 243 g/mol. The zero-order valence-electron chi connectivity index (χ0n) is 7.77. The van der Waals surface area contributed by atoms with Gasteiger partial charge in [-0.2, -0.15) is 0 Å². The van der Waals surface area contributed by atoms with E-state index in [1.165, 1.54) is 18.4 Å². The lowest BCUT2D eigenvalue weighted by Gasteiger charge is -2.09. The Morgan fingerprint density at radius 1 is 1.62 bits per heavy atom. The topological polar surface area (TPSA) is 39.2 Å². The molecule has 3 heteroatoms. The summed E-state index contributed by atoms with van der Waals surface area (Å²) < 4.78 is 6.38. The van der Waals surface area contributed by atoms with Crippen molar-refractivity contribution in [3.63, 3.8) is 0 Å². The third-order valence-electron chi connectivity index (χ3n) is 2.92. The van der Waals surface area contributed by atoms with Crippen molar-refractivity contribution in [1.29, 1.82) is 0 Å². The number of furan rings is 1. The van der Waals surface area contributed by atoms with E-state index in [0.717, 1.165) is 23.4 Å². The van der Waals surface area contributed by atoms with E-state index < -0.39 is 0 Å². The van der Waals surface area contributed by atoms with E-state index in [1.807, 2.05) is 6.07 Å². The molecule has 0 spiro atoms. The summed E-state index contributed by atoms with van der Waals surface area (Å²) in [5.74, 6) is 1.09. The Morgan fingerprint density at radius 3 is 2.69 bits per heavy atom. The molecule has 1 fully saturated rings. The van der Waals surface area contributed by atoms with Gasteiger partial charge in [-0.1, -0.05) is 0 Å². The molecule has 0 radical (unpaired) electrons. The molecule has 0 unspecified atom stereocenters. The van der Waals surface area contributed by atoms with E-state index in [2.05, 4.69) is 22.9 Å². The van der Waals surface area contributed by atoms with Gasteiger partial charge in [0, 0.05) is 6.42 Å². The average molecular weight is 244 g/mol. The minimum absolute atomic E-state index is 0.363. The van der Waals surface area contributed by atoms with Gasteiger partial charge in [0.25, 0.3) is 0 Å². The van der Waals surface area contributed by atoms with Gasteiger partial charge in [0.1, 0.15) is 5.76 Å². The predicted molar refractivity (Wildman–Crippen MR) is 55.6 cm³/mol. The Labute approximate surface area is 86.6 Å². The molecule has 1 saturated carbocycles. The maximum atomic E-state index is 5.72. The first-order chi connectivity index (χ1) is 6.15. The second-order valence-corrected chi connectivity index (χ2v) is 4.82. The van der Waals surface area contributed by atoms with E-state index in [-0.39, 0.29) is 0 Å². The maximum absolute atomic E-state index is 5.72. The molecule has 2 nitrogen and oxygen atoms in total. The van der Waals surface area contributed by atoms with E-state index in [0.29, 0.717) is 5.41 Å². The molecular formula is C10H14BrNO. The van der Waals surface area contributed by atoms with Gasteiger partial charge in [0.15, 0.2) is 4.67 Å². The zero-order valence-corrected chi connectivity index (χ0v) is 9.36. The molecule has 1 heterocycles. The van der Waals surface area contributed by atoms with E-state index in [1.54, 1.807) is 0 Å². The van der Waals surface area contributed by atoms with Crippen LogP contribution < -0.4 is 5.73 Å². The van der Waals surface area contributed by atoms with Crippen LogP contribution in [0.2, 0.25) is 0 Å². The summed E-state index contributed by atoms with van der Waals surface area (Å²) in [4.78, 5) is 0. The molecule has 0 aliphatic heterocycles. The van der Waals surface area contributed by atoms with Crippen LogP contribution in [0.4, 0.5) is 0 Å². The fourth-order valence-corrected chi connectivity index (χ4v) is 2.16. The van der Waals surface area contributed by atoms with Gasteiger partial charge in [-0.25, -0.2) is 0 Å². The summed E-state index contributed by atoms with van der Waals surface area (Å²) in [7, 11) is 0. The highest BCUT2D eigenvalue weighted by molar-refractivity contribution is 9.10. The molecule has 13 heavy (non-hydrogen) atoms. The molecule has 72 valence electrons. The summed E-state index contributed by atoms with van der Waals surface area (Å²) >= 11 is 3.33. The van der Waals surface area contributed by atoms with Crippen molar-refractivity contribution < 1.29 is 4.42 Å². The number of hydrogen-bond donors (Lipinski definition) is 1. The van der Waals surface area contributed by atoms with Crippen LogP contribution in [0.3, 0.4) is 0 Å². The average Bonchev–Trinajstić information content (AvgIpc) is 2.77. The summed E-state index contributed by atoms with van der Waals surface area (Å²) in [5, 5.41) is 0. The first kappa shape index (κ1) is 9.28. The summed E-state index contributed by atoms with van der Waals surface area (Å²) in [6, 6.07) is 2.02. The SMILES string of the molecule is Cc1cc(Br)oc1CC1(CN)CC1. The molecule has 0 bridgehead atoms. The van der Waals surface area contributed by atoms with Gasteiger partial charge in [0.2, 0.25) is 0 Å². The number of aryl methyl sites for hydroxylation is 1. The normalized spacial score (nSPS) is 19.0. The first-order valence-corrected chi connectivity index (χ1v) is 5.39. The highest BCUT2D eigenvalue weighted by Crippen LogP contribution is 2.48. The van der Waals surface area contributed by atoms with Gasteiger partial charge < -0.3 is 10.2 Å². The van der Waals surface area contributed by atoms with Gasteiger partial charge in [-0.15, -0.1) is 0 Å². The lowest BCUT2D eigenvalue weighted by atomic mass is 10.00. The molecule has 1 aliphatic carbocycles. The molecule has 2 N–H and O–H groups in total. The number of hydrogen-bond acceptors (Lipinski definition) is 2. The highest BCUT2D eigenvalue weighted by atomic mass is 79.9. The van der Waals surface area contributed by atoms with Gasteiger partial charge in [-0.05, 0) is 59.3 Å². The number of halogens is 1. The van der Waals surface area contributed by atoms with Crippen LogP contribution in [-0.4, -0.2) is 6.54 Å². The second-order valence-electron chi connectivity index (χ2n) is 4.04. The Morgan fingerprint density at radius 2 is 2.31 bits per heavy atom. The minimum Gasteiger partial charge on any atom is -0.454 e. The number of nitrogens with two attached hydrogens (primary N) is 1. The summed E-state index contributed by atoms with van der Waals surface area (Å²) in [6.07, 6.45) is 3.50. The third kappa shape index (κ3) is 1.81. The highest BCUT2D eigenvalue weighted by Gasteiger charge is 2.42. The summed E-state index contributed by atoms with van der Waals surface area (Å²) in [6.45, 7) is 2.86. The molecule has 1 aromatic heterocycles. The lowest BCUT2D eigenvalue weighted by molar-refractivity contribution is 0.417. The maximum Gasteiger partial charge on any atom is 0.169 e. The number of rotatable bonds is 3. The fraction of sp³-hybridized carbons (Fsp3) is 0.600. The molecule has 0 aromatic carbocycles. The molecule has 1 aromatic rings. The van der Waals surface area contributed by atoms with Crippen molar-refractivity contribution in [2.45, 2.75) is 26.2 Å². The zero-order chi connectivity index (χ0) is 9.47. The molecule has 1 aliphatic rings. The Kier molecular flexibility index (Phi) is 2.24. The van der Waals surface area contributed by atoms with Gasteiger partial charge in [-0.3, -0.25) is 0 Å². The molecule has 2 rings (SSSR count). The Bertz CT molecular complexity index is 315. The van der Waals surface area contributed by atoms with Gasteiger partial charge >= 0.3 is 0 Å². The van der Waals surface area contributed by atoms with Crippen LogP contribution in [0.1, 0.15) is 24.2 Å². The molecule has 0 atom stereocenters. The molecular weight excluding hydrogens is 230 g/mol. The van der Waals surface area contributed by atoms with E-state index in [4.69, 9.17) is 10.2 Å². The van der Waals surface area contributed by atoms with Gasteiger partial charge in [0.05, 0.1) is 0 Å². The predicted octanol–water partition coefficient (Wildman–Crippen LogP) is 2.63. The largest absolute Gasteiger partial charge is 0.454 e. The summed E-state index contributed by atoms with van der Waals surface area (Å²) in [5.41, 5.74) is 7.31. The van der Waals surface area contributed by atoms with Crippen molar-refractivity contribution in [1.82, 2.24) is 0 Å². The van der Waals surface area contributed by atoms with Crippen LogP contribution >= 0.6 is 15.9 Å². The minimum atomic E-state index is 0.363. The van der Waals surface area contributed by atoms with Crippen LogP contribution in [0.15, 0.2) is 15.2 Å². The van der Waals surface area contributed by atoms with Crippen LogP contribution in [0, 0.1) is 12.3 Å². The molecule has 0 amide bonds. The van der Waals surface area contributed by atoms with Crippen LogP contribution in [0.25, 0.3) is 0 Å². The second kappa shape index (κ2) is 3.14. The van der Waals surface area contributed by atoms with Crippen molar-refractivity contribution in [3.05, 3.63) is 22.1 Å².